The Morgan fingerprint density at radius 3 is 2.43 bits per heavy atom. The highest BCUT2D eigenvalue weighted by atomic mass is 79.9. The van der Waals surface area contributed by atoms with E-state index in [9.17, 15) is 0 Å². The molecule has 0 aromatic heterocycles. The fraction of sp³-hybridized carbons (Fsp3) is 0.333. The molecule has 0 aliphatic heterocycles. The standard InChI is InChI=1S/C18H23BrN2/c1-4-20-14(2)17-7-5-6-8-18(17)21(3)13-15-9-11-16(19)12-10-15/h5-12,14,20H,4,13H2,1-3H3. The van der Waals surface area contributed by atoms with Crippen LogP contribution < -0.4 is 10.2 Å². The highest BCUT2D eigenvalue weighted by Crippen LogP contribution is 2.26. The summed E-state index contributed by atoms with van der Waals surface area (Å²) < 4.78 is 1.12. The molecule has 0 heterocycles. The van der Waals surface area contributed by atoms with Crippen molar-refractivity contribution >= 4 is 21.6 Å². The van der Waals surface area contributed by atoms with Crippen LogP contribution in [0.5, 0.6) is 0 Å². The third-order valence-corrected chi connectivity index (χ3v) is 4.19. The molecule has 0 spiro atoms. The van der Waals surface area contributed by atoms with Gasteiger partial charge in [-0.15, -0.1) is 0 Å². The van der Waals surface area contributed by atoms with Gasteiger partial charge in [0.2, 0.25) is 0 Å². The molecule has 2 nitrogen and oxygen atoms in total. The number of anilines is 1. The summed E-state index contributed by atoms with van der Waals surface area (Å²) in [7, 11) is 2.15. The molecule has 0 radical (unpaired) electrons. The molecule has 0 bridgehead atoms. The first-order valence-corrected chi connectivity index (χ1v) is 8.19. The van der Waals surface area contributed by atoms with E-state index >= 15 is 0 Å². The van der Waals surface area contributed by atoms with Crippen LogP contribution in [0.4, 0.5) is 5.69 Å². The second kappa shape index (κ2) is 7.62. The Kier molecular flexibility index (Phi) is 5.83. The van der Waals surface area contributed by atoms with Crippen LogP contribution in [-0.2, 0) is 6.54 Å². The molecular weight excluding hydrogens is 324 g/mol. The van der Waals surface area contributed by atoms with Crippen molar-refractivity contribution in [1.29, 1.82) is 0 Å². The zero-order valence-electron chi connectivity index (χ0n) is 12.9. The van der Waals surface area contributed by atoms with Gasteiger partial charge in [-0.3, -0.25) is 0 Å². The van der Waals surface area contributed by atoms with E-state index in [1.807, 2.05) is 0 Å². The molecule has 1 atom stereocenters. The molecule has 2 aromatic rings. The summed E-state index contributed by atoms with van der Waals surface area (Å²) in [5.41, 5.74) is 3.94. The quantitative estimate of drug-likeness (QED) is 0.811. The lowest BCUT2D eigenvalue weighted by Gasteiger charge is -2.25. The maximum atomic E-state index is 3.50. The van der Waals surface area contributed by atoms with Gasteiger partial charge in [-0.05, 0) is 42.8 Å². The number of benzene rings is 2. The molecule has 2 rings (SSSR count). The van der Waals surface area contributed by atoms with Gasteiger partial charge in [0.15, 0.2) is 0 Å². The third kappa shape index (κ3) is 4.32. The highest BCUT2D eigenvalue weighted by molar-refractivity contribution is 9.10. The summed E-state index contributed by atoms with van der Waals surface area (Å²) in [6.07, 6.45) is 0. The summed E-state index contributed by atoms with van der Waals surface area (Å²) in [5.74, 6) is 0. The van der Waals surface area contributed by atoms with Gasteiger partial charge in [0.1, 0.15) is 0 Å². The van der Waals surface area contributed by atoms with Crippen LogP contribution in [0.1, 0.15) is 31.0 Å². The van der Waals surface area contributed by atoms with Crippen molar-refractivity contribution in [1.82, 2.24) is 5.32 Å². The van der Waals surface area contributed by atoms with Crippen LogP contribution in [-0.4, -0.2) is 13.6 Å². The van der Waals surface area contributed by atoms with Gasteiger partial charge >= 0.3 is 0 Å². The topological polar surface area (TPSA) is 15.3 Å². The van der Waals surface area contributed by atoms with E-state index in [0.717, 1.165) is 17.6 Å². The molecule has 0 amide bonds. The molecule has 0 fully saturated rings. The van der Waals surface area contributed by atoms with E-state index in [2.05, 4.69) is 95.6 Å². The number of hydrogen-bond acceptors (Lipinski definition) is 2. The molecular formula is C18H23BrN2. The largest absolute Gasteiger partial charge is 0.370 e. The van der Waals surface area contributed by atoms with Crippen molar-refractivity contribution in [2.75, 3.05) is 18.5 Å². The fourth-order valence-corrected chi connectivity index (χ4v) is 2.83. The van der Waals surface area contributed by atoms with Crippen molar-refractivity contribution in [3.8, 4) is 0 Å². The number of nitrogens with one attached hydrogen (secondary N) is 1. The molecule has 0 saturated heterocycles. The summed E-state index contributed by atoms with van der Waals surface area (Å²) in [6.45, 7) is 6.25. The van der Waals surface area contributed by atoms with Crippen LogP contribution in [0.25, 0.3) is 0 Å². The lowest BCUT2D eigenvalue weighted by molar-refractivity contribution is 0.597. The number of nitrogens with zero attached hydrogens (tertiary/aromatic N) is 1. The molecule has 0 aliphatic rings. The first-order valence-electron chi connectivity index (χ1n) is 7.39. The average Bonchev–Trinajstić information content (AvgIpc) is 2.50. The van der Waals surface area contributed by atoms with E-state index in [1.165, 1.54) is 16.8 Å². The lowest BCUT2D eigenvalue weighted by atomic mass is 10.0. The van der Waals surface area contributed by atoms with Gasteiger partial charge in [0, 0.05) is 29.8 Å². The van der Waals surface area contributed by atoms with Gasteiger partial charge in [0.05, 0.1) is 0 Å². The normalized spacial score (nSPS) is 12.2. The Labute approximate surface area is 136 Å². The maximum Gasteiger partial charge on any atom is 0.0426 e. The highest BCUT2D eigenvalue weighted by Gasteiger charge is 2.12. The summed E-state index contributed by atoms with van der Waals surface area (Å²) in [6, 6.07) is 17.5. The van der Waals surface area contributed by atoms with Crippen molar-refractivity contribution in [3.63, 3.8) is 0 Å². The zero-order chi connectivity index (χ0) is 15.2. The number of rotatable bonds is 6. The predicted molar refractivity (Wildman–Crippen MR) is 94.8 cm³/mol. The number of halogens is 1. The predicted octanol–water partition coefficient (Wildman–Crippen LogP) is 4.76. The number of hydrogen-bond donors (Lipinski definition) is 1. The monoisotopic (exact) mass is 346 g/mol. The summed E-state index contributed by atoms with van der Waals surface area (Å²) >= 11 is 3.48. The Hall–Kier alpha value is -1.32. The SMILES string of the molecule is CCNC(C)c1ccccc1N(C)Cc1ccc(Br)cc1. The van der Waals surface area contributed by atoms with E-state index in [1.54, 1.807) is 0 Å². The minimum atomic E-state index is 0.360. The molecule has 1 unspecified atom stereocenters. The van der Waals surface area contributed by atoms with Crippen molar-refractivity contribution in [2.45, 2.75) is 26.4 Å². The summed E-state index contributed by atoms with van der Waals surface area (Å²) in [5, 5.41) is 3.50. The van der Waals surface area contributed by atoms with Crippen molar-refractivity contribution in [3.05, 3.63) is 64.1 Å². The van der Waals surface area contributed by atoms with Crippen LogP contribution >= 0.6 is 15.9 Å². The first kappa shape index (κ1) is 16.1. The van der Waals surface area contributed by atoms with Crippen LogP contribution in [0.15, 0.2) is 53.0 Å². The molecule has 3 heteroatoms. The maximum absolute atomic E-state index is 3.50. The zero-order valence-corrected chi connectivity index (χ0v) is 14.5. The average molecular weight is 347 g/mol. The second-order valence-electron chi connectivity index (χ2n) is 5.32. The van der Waals surface area contributed by atoms with Gasteiger partial charge in [-0.2, -0.15) is 0 Å². The molecule has 112 valence electrons. The van der Waals surface area contributed by atoms with E-state index in [0.29, 0.717) is 6.04 Å². The second-order valence-corrected chi connectivity index (χ2v) is 6.24. The Balaban J connectivity index is 2.18. The van der Waals surface area contributed by atoms with Crippen molar-refractivity contribution < 1.29 is 0 Å². The van der Waals surface area contributed by atoms with Crippen molar-refractivity contribution in [2.24, 2.45) is 0 Å². The number of para-hydroxylation sites is 1. The molecule has 1 N–H and O–H groups in total. The first-order chi connectivity index (χ1) is 10.1. The molecule has 0 aliphatic carbocycles. The Bertz CT molecular complexity index is 566. The Morgan fingerprint density at radius 2 is 1.76 bits per heavy atom. The molecule has 0 saturated carbocycles. The van der Waals surface area contributed by atoms with E-state index in [4.69, 9.17) is 0 Å². The van der Waals surface area contributed by atoms with Crippen LogP contribution in [0.3, 0.4) is 0 Å². The van der Waals surface area contributed by atoms with Gasteiger partial charge in [-0.25, -0.2) is 0 Å². The molecule has 21 heavy (non-hydrogen) atoms. The van der Waals surface area contributed by atoms with Crippen LogP contribution in [0, 0.1) is 0 Å². The third-order valence-electron chi connectivity index (χ3n) is 3.66. The van der Waals surface area contributed by atoms with E-state index in [-0.39, 0.29) is 0 Å². The van der Waals surface area contributed by atoms with Gasteiger partial charge in [-0.1, -0.05) is 53.2 Å². The van der Waals surface area contributed by atoms with E-state index < -0.39 is 0 Å². The minimum Gasteiger partial charge on any atom is -0.370 e. The minimum absolute atomic E-state index is 0.360. The fourth-order valence-electron chi connectivity index (χ4n) is 2.57. The van der Waals surface area contributed by atoms with Crippen LogP contribution in [0.2, 0.25) is 0 Å². The smallest absolute Gasteiger partial charge is 0.0426 e. The lowest BCUT2D eigenvalue weighted by Crippen LogP contribution is -2.23. The van der Waals surface area contributed by atoms with Gasteiger partial charge in [0.25, 0.3) is 0 Å². The molecule has 2 aromatic carbocycles. The van der Waals surface area contributed by atoms with Gasteiger partial charge < -0.3 is 10.2 Å². The summed E-state index contributed by atoms with van der Waals surface area (Å²) in [4.78, 5) is 2.31. The Morgan fingerprint density at radius 1 is 1.10 bits per heavy atom.